The van der Waals surface area contributed by atoms with E-state index in [0.717, 1.165) is 50.3 Å². The van der Waals surface area contributed by atoms with Crippen molar-refractivity contribution in [1.29, 1.82) is 0 Å². The first-order valence-corrected chi connectivity index (χ1v) is 8.45. The summed E-state index contributed by atoms with van der Waals surface area (Å²) in [6.07, 6.45) is 1.58. The van der Waals surface area contributed by atoms with Gasteiger partial charge in [0, 0.05) is 38.2 Å². The zero-order valence-electron chi connectivity index (χ0n) is 13.5. The van der Waals surface area contributed by atoms with Gasteiger partial charge in [0.25, 0.3) is 0 Å². The van der Waals surface area contributed by atoms with E-state index in [1.54, 1.807) is 0 Å². The molecule has 1 aliphatic rings. The van der Waals surface area contributed by atoms with Crippen LogP contribution in [0.2, 0.25) is 0 Å². The highest BCUT2D eigenvalue weighted by Gasteiger charge is 2.11. The fourth-order valence-electron chi connectivity index (χ4n) is 3.02. The Hall–Kier alpha value is -1.97. The van der Waals surface area contributed by atoms with E-state index < -0.39 is 0 Å². The van der Waals surface area contributed by atoms with Crippen LogP contribution in [0.25, 0.3) is 11.1 Å². The molecule has 1 fully saturated rings. The smallest absolute Gasteiger partial charge is 0.162 e. The van der Waals surface area contributed by atoms with Crippen molar-refractivity contribution in [3.05, 3.63) is 60.2 Å². The second-order valence-electron chi connectivity index (χ2n) is 6.06. The fraction of sp³-hybridized carbons (Fsp3) is 0.350. The number of hydrogen-bond donors (Lipinski definition) is 1. The summed E-state index contributed by atoms with van der Waals surface area (Å²) in [6, 6.07) is 18.2. The maximum Gasteiger partial charge on any atom is 0.162 e. The Morgan fingerprint density at radius 1 is 0.913 bits per heavy atom. The van der Waals surface area contributed by atoms with Gasteiger partial charge in [0.15, 0.2) is 5.78 Å². The van der Waals surface area contributed by atoms with Crippen molar-refractivity contribution in [2.75, 3.05) is 32.7 Å². The van der Waals surface area contributed by atoms with E-state index in [1.807, 2.05) is 42.5 Å². The second kappa shape index (κ2) is 8.04. The predicted octanol–water partition coefficient (Wildman–Crippen LogP) is 3.22. The van der Waals surface area contributed by atoms with Crippen molar-refractivity contribution in [1.82, 2.24) is 10.2 Å². The molecule has 0 amide bonds. The molecule has 3 heteroatoms. The van der Waals surface area contributed by atoms with Gasteiger partial charge >= 0.3 is 0 Å². The molecule has 23 heavy (non-hydrogen) atoms. The molecule has 0 radical (unpaired) electrons. The lowest BCUT2D eigenvalue weighted by Crippen LogP contribution is -2.43. The van der Waals surface area contributed by atoms with Gasteiger partial charge in [0.2, 0.25) is 0 Å². The Morgan fingerprint density at radius 3 is 2.26 bits per heavy atom. The summed E-state index contributed by atoms with van der Waals surface area (Å²) in [5.41, 5.74) is 3.16. The van der Waals surface area contributed by atoms with Crippen LogP contribution in [-0.4, -0.2) is 43.4 Å². The molecule has 1 aliphatic heterocycles. The van der Waals surface area contributed by atoms with Gasteiger partial charge in [-0.3, -0.25) is 4.79 Å². The van der Waals surface area contributed by atoms with Gasteiger partial charge in [0.05, 0.1) is 0 Å². The number of nitrogens with zero attached hydrogens (tertiary/aromatic N) is 1. The number of piperazine rings is 1. The molecule has 1 saturated heterocycles. The maximum atomic E-state index is 12.3. The lowest BCUT2D eigenvalue weighted by molar-refractivity contribution is 0.0973. The molecule has 120 valence electrons. The van der Waals surface area contributed by atoms with Gasteiger partial charge in [-0.05, 0) is 24.1 Å². The maximum absolute atomic E-state index is 12.3. The van der Waals surface area contributed by atoms with Crippen molar-refractivity contribution in [2.24, 2.45) is 0 Å². The van der Waals surface area contributed by atoms with Crippen LogP contribution in [0.3, 0.4) is 0 Å². The van der Waals surface area contributed by atoms with Crippen molar-refractivity contribution >= 4 is 5.78 Å². The quantitative estimate of drug-likeness (QED) is 0.832. The van der Waals surface area contributed by atoms with Crippen LogP contribution < -0.4 is 5.32 Å². The van der Waals surface area contributed by atoms with Crippen LogP contribution >= 0.6 is 0 Å². The summed E-state index contributed by atoms with van der Waals surface area (Å²) in [5.74, 6) is 0.250. The summed E-state index contributed by atoms with van der Waals surface area (Å²) in [7, 11) is 0. The van der Waals surface area contributed by atoms with Crippen LogP contribution in [0, 0.1) is 0 Å². The molecular weight excluding hydrogens is 284 g/mol. The molecule has 0 aromatic heterocycles. The zero-order valence-corrected chi connectivity index (χ0v) is 13.5. The number of hydrogen-bond acceptors (Lipinski definition) is 3. The minimum Gasteiger partial charge on any atom is -0.314 e. The highest BCUT2D eigenvalue weighted by Crippen LogP contribution is 2.20. The summed E-state index contributed by atoms with van der Waals surface area (Å²) in [4.78, 5) is 14.7. The van der Waals surface area contributed by atoms with Gasteiger partial charge in [-0.2, -0.15) is 0 Å². The van der Waals surface area contributed by atoms with Crippen LogP contribution in [-0.2, 0) is 0 Å². The second-order valence-corrected chi connectivity index (χ2v) is 6.06. The lowest BCUT2D eigenvalue weighted by atomic mass is 10.0. The highest BCUT2D eigenvalue weighted by atomic mass is 16.1. The third-order valence-electron chi connectivity index (χ3n) is 4.40. The topological polar surface area (TPSA) is 32.3 Å². The first-order valence-electron chi connectivity index (χ1n) is 8.45. The van der Waals surface area contributed by atoms with Gasteiger partial charge in [-0.1, -0.05) is 54.6 Å². The Bertz CT molecular complexity index is 616. The number of carbonyl (C=O) groups excluding carboxylic acids is 1. The normalized spacial score (nSPS) is 15.5. The summed E-state index contributed by atoms with van der Waals surface area (Å²) < 4.78 is 0. The third kappa shape index (κ3) is 4.50. The van der Waals surface area contributed by atoms with Crippen molar-refractivity contribution < 1.29 is 4.79 Å². The number of benzene rings is 2. The average Bonchev–Trinajstić information content (AvgIpc) is 2.63. The highest BCUT2D eigenvalue weighted by molar-refractivity contribution is 5.96. The van der Waals surface area contributed by atoms with Crippen molar-refractivity contribution in [3.8, 4) is 11.1 Å². The molecule has 3 nitrogen and oxygen atoms in total. The fourth-order valence-corrected chi connectivity index (χ4v) is 3.02. The number of ketones is 1. The molecule has 2 aromatic carbocycles. The molecule has 0 bridgehead atoms. The standard InChI is InChI=1S/C20H24N2O/c23-20(7-4-14-22-15-12-21-13-16-22)19-10-8-18(9-11-19)17-5-2-1-3-6-17/h1-3,5-6,8-11,21H,4,7,12-16H2. The molecule has 1 heterocycles. The summed E-state index contributed by atoms with van der Waals surface area (Å²) >= 11 is 0. The Labute approximate surface area is 138 Å². The van der Waals surface area contributed by atoms with Gasteiger partial charge < -0.3 is 10.2 Å². The van der Waals surface area contributed by atoms with Crippen molar-refractivity contribution in [2.45, 2.75) is 12.8 Å². The van der Waals surface area contributed by atoms with Crippen LogP contribution in [0.15, 0.2) is 54.6 Å². The molecule has 0 aliphatic carbocycles. The predicted molar refractivity (Wildman–Crippen MR) is 94.8 cm³/mol. The molecule has 2 aromatic rings. The van der Waals surface area contributed by atoms with Crippen LogP contribution in [0.1, 0.15) is 23.2 Å². The Morgan fingerprint density at radius 2 is 1.57 bits per heavy atom. The lowest BCUT2D eigenvalue weighted by Gasteiger charge is -2.26. The molecule has 0 saturated carbocycles. The zero-order chi connectivity index (χ0) is 15.9. The first kappa shape index (κ1) is 15.9. The minimum atomic E-state index is 0.250. The van der Waals surface area contributed by atoms with Crippen molar-refractivity contribution in [3.63, 3.8) is 0 Å². The molecule has 1 N–H and O–H groups in total. The Balaban J connectivity index is 1.51. The molecular formula is C20H24N2O. The first-order chi connectivity index (χ1) is 11.3. The van der Waals surface area contributed by atoms with E-state index in [2.05, 4.69) is 22.3 Å². The number of carbonyl (C=O) groups is 1. The largest absolute Gasteiger partial charge is 0.314 e. The molecule has 0 atom stereocenters. The van der Waals surface area contributed by atoms with Crippen LogP contribution in [0.4, 0.5) is 0 Å². The van der Waals surface area contributed by atoms with E-state index in [4.69, 9.17) is 0 Å². The molecule has 3 rings (SSSR count). The van der Waals surface area contributed by atoms with E-state index in [9.17, 15) is 4.79 Å². The number of nitrogens with one attached hydrogen (secondary N) is 1. The number of rotatable bonds is 6. The van der Waals surface area contributed by atoms with E-state index in [0.29, 0.717) is 6.42 Å². The minimum absolute atomic E-state index is 0.250. The van der Waals surface area contributed by atoms with E-state index >= 15 is 0 Å². The third-order valence-corrected chi connectivity index (χ3v) is 4.40. The van der Waals surface area contributed by atoms with Gasteiger partial charge in [-0.15, -0.1) is 0 Å². The molecule has 0 unspecified atom stereocenters. The molecule has 0 spiro atoms. The SMILES string of the molecule is O=C(CCCN1CCNCC1)c1ccc(-c2ccccc2)cc1. The van der Waals surface area contributed by atoms with E-state index in [-0.39, 0.29) is 5.78 Å². The monoisotopic (exact) mass is 308 g/mol. The Kier molecular flexibility index (Phi) is 5.56. The number of Topliss-reactive ketones (excluding diaryl/α,β-unsaturated/α-hetero) is 1. The van der Waals surface area contributed by atoms with Gasteiger partial charge in [-0.25, -0.2) is 0 Å². The van der Waals surface area contributed by atoms with E-state index in [1.165, 1.54) is 5.56 Å². The summed E-state index contributed by atoms with van der Waals surface area (Å²) in [5, 5.41) is 3.35. The van der Waals surface area contributed by atoms with Gasteiger partial charge in [0.1, 0.15) is 0 Å². The average molecular weight is 308 g/mol. The van der Waals surface area contributed by atoms with Crippen LogP contribution in [0.5, 0.6) is 0 Å². The summed E-state index contributed by atoms with van der Waals surface area (Å²) in [6.45, 7) is 5.35.